The number of nitrogens with zero attached hydrogens (tertiary/aromatic N) is 2. The van der Waals surface area contributed by atoms with Crippen LogP contribution in [0, 0.1) is 5.82 Å². The van der Waals surface area contributed by atoms with E-state index in [4.69, 9.17) is 16.3 Å². The zero-order valence-corrected chi connectivity index (χ0v) is 18.7. The number of carbonyl (C=O) groups is 2. The van der Waals surface area contributed by atoms with Crippen molar-refractivity contribution < 1.29 is 18.7 Å². The van der Waals surface area contributed by atoms with Gasteiger partial charge >= 0.3 is 6.09 Å². The molecule has 0 aliphatic carbocycles. The first-order valence-corrected chi connectivity index (χ1v) is 10.5. The van der Waals surface area contributed by atoms with Crippen LogP contribution in [-0.2, 0) is 9.53 Å². The summed E-state index contributed by atoms with van der Waals surface area (Å²) in [5.74, 6) is -0.602. The summed E-state index contributed by atoms with van der Waals surface area (Å²) >= 11 is 5.92. The maximum Gasteiger partial charge on any atom is 0.410 e. The number of halogens is 2. The third-order valence-corrected chi connectivity index (χ3v) is 5.13. The van der Waals surface area contributed by atoms with E-state index in [-0.39, 0.29) is 17.8 Å². The first kappa shape index (κ1) is 23.0. The highest BCUT2D eigenvalue weighted by atomic mass is 35.5. The first-order valence-electron chi connectivity index (χ1n) is 10.2. The lowest BCUT2D eigenvalue weighted by Gasteiger charge is -2.39. The molecule has 0 bridgehead atoms. The smallest absolute Gasteiger partial charge is 0.410 e. The fraction of sp³-hybridized carbons (Fsp3) is 0.391. The largest absolute Gasteiger partial charge is 0.444 e. The van der Waals surface area contributed by atoms with Crippen LogP contribution in [0.5, 0.6) is 0 Å². The highest BCUT2D eigenvalue weighted by Crippen LogP contribution is 2.26. The summed E-state index contributed by atoms with van der Waals surface area (Å²) in [5, 5.41) is 3.48. The van der Waals surface area contributed by atoms with Crippen LogP contribution in [0.15, 0.2) is 48.5 Å². The van der Waals surface area contributed by atoms with E-state index in [2.05, 4.69) is 5.32 Å². The van der Waals surface area contributed by atoms with Crippen LogP contribution in [0.2, 0.25) is 5.02 Å². The second kappa shape index (κ2) is 9.66. The van der Waals surface area contributed by atoms with Crippen LogP contribution in [0.3, 0.4) is 0 Å². The van der Waals surface area contributed by atoms with E-state index < -0.39 is 11.6 Å². The van der Waals surface area contributed by atoms with Crippen molar-refractivity contribution in [2.75, 3.05) is 31.5 Å². The van der Waals surface area contributed by atoms with Crippen LogP contribution in [-0.4, -0.2) is 53.6 Å². The van der Waals surface area contributed by atoms with Crippen molar-refractivity contribution >= 4 is 29.3 Å². The summed E-state index contributed by atoms with van der Waals surface area (Å²) < 4.78 is 18.9. The molecule has 2 aromatic rings. The van der Waals surface area contributed by atoms with Gasteiger partial charge in [0.1, 0.15) is 17.5 Å². The maximum absolute atomic E-state index is 13.5. The van der Waals surface area contributed by atoms with Gasteiger partial charge in [0.2, 0.25) is 5.91 Å². The molecule has 1 aliphatic heterocycles. The van der Waals surface area contributed by atoms with Crippen LogP contribution in [0.4, 0.5) is 14.9 Å². The number of benzene rings is 2. The minimum Gasteiger partial charge on any atom is -0.444 e. The van der Waals surface area contributed by atoms with Crippen molar-refractivity contribution in [3.63, 3.8) is 0 Å². The quantitative estimate of drug-likeness (QED) is 0.737. The van der Waals surface area contributed by atoms with E-state index >= 15 is 0 Å². The van der Waals surface area contributed by atoms with Crippen molar-refractivity contribution in [3.8, 4) is 0 Å². The molecule has 2 amide bonds. The summed E-state index contributed by atoms with van der Waals surface area (Å²) in [6.07, 6.45) is -0.365. The molecule has 3 rings (SSSR count). The Labute approximate surface area is 186 Å². The summed E-state index contributed by atoms with van der Waals surface area (Å²) in [6, 6.07) is 12.1. The van der Waals surface area contributed by atoms with Gasteiger partial charge in [0, 0.05) is 36.9 Å². The summed E-state index contributed by atoms with van der Waals surface area (Å²) in [6.45, 7) is 7.30. The average molecular weight is 448 g/mol. The normalized spacial score (nSPS) is 16.0. The van der Waals surface area contributed by atoms with Crippen molar-refractivity contribution in [1.82, 2.24) is 9.80 Å². The minimum atomic E-state index is -0.628. The predicted molar refractivity (Wildman–Crippen MR) is 119 cm³/mol. The number of carbonyl (C=O) groups excluding carboxylic acids is 2. The van der Waals surface area contributed by atoms with Gasteiger partial charge in [-0.2, -0.15) is 0 Å². The summed E-state index contributed by atoms with van der Waals surface area (Å²) in [4.78, 5) is 29.2. The van der Waals surface area contributed by atoms with Crippen LogP contribution in [0.25, 0.3) is 0 Å². The Morgan fingerprint density at radius 1 is 1.00 bits per heavy atom. The van der Waals surface area contributed by atoms with Crippen LogP contribution >= 0.6 is 11.6 Å². The molecule has 31 heavy (non-hydrogen) atoms. The third kappa shape index (κ3) is 6.42. The number of nitrogens with one attached hydrogen (secondary N) is 1. The van der Waals surface area contributed by atoms with Crippen molar-refractivity contribution in [2.24, 2.45) is 0 Å². The van der Waals surface area contributed by atoms with E-state index in [1.807, 2.05) is 25.7 Å². The lowest BCUT2D eigenvalue weighted by Crippen LogP contribution is -2.52. The molecule has 1 aliphatic rings. The Kier molecular flexibility index (Phi) is 7.18. The van der Waals surface area contributed by atoms with Gasteiger partial charge < -0.3 is 15.0 Å². The third-order valence-electron chi connectivity index (χ3n) is 4.88. The van der Waals surface area contributed by atoms with Gasteiger partial charge in [-0.05, 0) is 62.7 Å². The molecule has 2 aromatic carbocycles. The second-order valence-corrected chi connectivity index (χ2v) is 8.89. The maximum atomic E-state index is 13.5. The van der Waals surface area contributed by atoms with Gasteiger partial charge in [-0.25, -0.2) is 9.18 Å². The number of rotatable bonds is 4. The van der Waals surface area contributed by atoms with E-state index in [0.29, 0.717) is 42.5 Å². The molecule has 1 N–H and O–H groups in total. The lowest BCUT2D eigenvalue weighted by atomic mass is 10.0. The Morgan fingerprint density at radius 2 is 1.58 bits per heavy atom. The zero-order valence-electron chi connectivity index (χ0n) is 17.9. The molecule has 0 aromatic heterocycles. The van der Waals surface area contributed by atoms with Gasteiger partial charge in [0.05, 0.1) is 0 Å². The minimum absolute atomic E-state index is 0.236. The van der Waals surface area contributed by atoms with E-state index in [1.54, 1.807) is 41.3 Å². The molecule has 1 fully saturated rings. The molecule has 166 valence electrons. The topological polar surface area (TPSA) is 61.9 Å². The van der Waals surface area contributed by atoms with E-state index in [0.717, 1.165) is 0 Å². The van der Waals surface area contributed by atoms with Gasteiger partial charge in [-0.15, -0.1) is 0 Å². The molecule has 6 nitrogen and oxygen atoms in total. The monoisotopic (exact) mass is 447 g/mol. The molecular formula is C23H27ClFN3O3. The molecule has 1 saturated heterocycles. The highest BCUT2D eigenvalue weighted by Gasteiger charge is 2.33. The standard InChI is InChI=1S/C23H27ClFN3O3/c1-23(2,3)31-22(30)28-14-12-27(13-15-28)20(16-4-8-18(25)9-5-16)21(29)26-19-10-6-17(24)7-11-19/h4-11,20H,12-15H2,1-3H3,(H,26,29). The number of hydrogen-bond donors (Lipinski definition) is 1. The van der Waals surface area contributed by atoms with E-state index in [9.17, 15) is 14.0 Å². The van der Waals surface area contributed by atoms with Crippen LogP contribution in [0.1, 0.15) is 32.4 Å². The fourth-order valence-corrected chi connectivity index (χ4v) is 3.53. The summed E-state index contributed by atoms with van der Waals surface area (Å²) in [7, 11) is 0. The fourth-order valence-electron chi connectivity index (χ4n) is 3.41. The van der Waals surface area contributed by atoms with Gasteiger partial charge in [0.15, 0.2) is 0 Å². The molecule has 0 radical (unpaired) electrons. The van der Waals surface area contributed by atoms with E-state index in [1.165, 1.54) is 12.1 Å². The molecule has 1 heterocycles. The summed E-state index contributed by atoms with van der Waals surface area (Å²) in [5.41, 5.74) is 0.732. The van der Waals surface area contributed by atoms with Gasteiger partial charge in [-0.3, -0.25) is 9.69 Å². The molecule has 1 atom stereocenters. The van der Waals surface area contributed by atoms with Crippen molar-refractivity contribution in [2.45, 2.75) is 32.4 Å². The van der Waals surface area contributed by atoms with Gasteiger partial charge in [-0.1, -0.05) is 23.7 Å². The van der Waals surface area contributed by atoms with Gasteiger partial charge in [0.25, 0.3) is 0 Å². The Hall–Kier alpha value is -2.64. The lowest BCUT2D eigenvalue weighted by molar-refractivity contribution is -0.122. The number of ether oxygens (including phenoxy) is 1. The Balaban J connectivity index is 1.74. The van der Waals surface area contributed by atoms with Crippen molar-refractivity contribution in [1.29, 1.82) is 0 Å². The SMILES string of the molecule is CC(C)(C)OC(=O)N1CCN(C(C(=O)Nc2ccc(Cl)cc2)c2ccc(F)cc2)CC1. The zero-order chi connectivity index (χ0) is 22.6. The molecule has 0 spiro atoms. The van der Waals surface area contributed by atoms with Crippen molar-refractivity contribution in [3.05, 3.63) is 64.9 Å². The molecular weight excluding hydrogens is 421 g/mol. The first-order chi connectivity index (χ1) is 14.6. The average Bonchev–Trinajstić information content (AvgIpc) is 2.70. The predicted octanol–water partition coefficient (Wildman–Crippen LogP) is 4.71. The Morgan fingerprint density at radius 3 is 2.13 bits per heavy atom. The molecule has 8 heteroatoms. The number of piperazine rings is 1. The number of amides is 2. The van der Waals surface area contributed by atoms with Crippen LogP contribution < -0.4 is 5.32 Å². The highest BCUT2D eigenvalue weighted by molar-refractivity contribution is 6.30. The number of anilines is 1. The number of hydrogen-bond acceptors (Lipinski definition) is 4. The molecule has 1 unspecified atom stereocenters. The molecule has 0 saturated carbocycles. The Bertz CT molecular complexity index is 905. The second-order valence-electron chi connectivity index (χ2n) is 8.45.